The zero-order valence-corrected chi connectivity index (χ0v) is 16.0. The van der Waals surface area contributed by atoms with Crippen molar-refractivity contribution < 1.29 is 44.7 Å². The molecule has 26 heavy (non-hydrogen) atoms. The van der Waals surface area contributed by atoms with Gasteiger partial charge < -0.3 is 18.9 Å². The van der Waals surface area contributed by atoms with Crippen LogP contribution in [-0.2, 0) is 33.2 Å². The Bertz CT molecular complexity index is 498. The van der Waals surface area contributed by atoms with Crippen molar-refractivity contribution in [3.8, 4) is 0 Å². The van der Waals surface area contributed by atoms with E-state index in [2.05, 4.69) is 4.18 Å². The normalized spacial score (nSPS) is 27.2. The zero-order valence-electron chi connectivity index (χ0n) is 15.2. The Morgan fingerprint density at radius 3 is 2.19 bits per heavy atom. The van der Waals surface area contributed by atoms with E-state index in [0.717, 1.165) is 19.3 Å². The predicted octanol–water partition coefficient (Wildman–Crippen LogP) is 2.59. The molecule has 0 N–H and O–H groups in total. The van der Waals surface area contributed by atoms with Crippen LogP contribution in [0.4, 0.5) is 13.2 Å². The molecule has 0 aromatic rings. The van der Waals surface area contributed by atoms with Crippen molar-refractivity contribution in [2.24, 2.45) is 0 Å². The minimum absolute atomic E-state index is 0.0303. The molecule has 7 nitrogen and oxygen atoms in total. The molecule has 0 saturated carbocycles. The molecule has 1 saturated heterocycles. The lowest BCUT2D eigenvalue weighted by molar-refractivity contribution is -0.154. The van der Waals surface area contributed by atoms with Gasteiger partial charge in [-0.05, 0) is 12.8 Å². The van der Waals surface area contributed by atoms with Gasteiger partial charge in [-0.25, -0.2) is 0 Å². The smallest absolute Gasteiger partial charge is 0.379 e. The van der Waals surface area contributed by atoms with Gasteiger partial charge in [-0.1, -0.05) is 26.7 Å². The Morgan fingerprint density at radius 1 is 1.04 bits per heavy atom. The largest absolute Gasteiger partial charge is 0.523 e. The van der Waals surface area contributed by atoms with E-state index in [0.29, 0.717) is 13.0 Å². The van der Waals surface area contributed by atoms with Gasteiger partial charge in [0.25, 0.3) is 0 Å². The molecule has 4 atom stereocenters. The summed E-state index contributed by atoms with van der Waals surface area (Å²) in [4.78, 5) is 0. The van der Waals surface area contributed by atoms with Crippen molar-refractivity contribution in [3.05, 3.63) is 0 Å². The first-order valence-electron chi connectivity index (χ1n) is 8.55. The third kappa shape index (κ3) is 6.61. The lowest BCUT2D eigenvalue weighted by Crippen LogP contribution is -2.43. The molecular formula is C15H27F3O7S. The summed E-state index contributed by atoms with van der Waals surface area (Å²) < 4.78 is 86.7. The average molecular weight is 408 g/mol. The summed E-state index contributed by atoms with van der Waals surface area (Å²) in [7, 11) is -4.64. The number of hydrogen-bond acceptors (Lipinski definition) is 7. The highest BCUT2D eigenvalue weighted by Gasteiger charge is 2.55. The van der Waals surface area contributed by atoms with Gasteiger partial charge in [0.1, 0.15) is 12.2 Å². The van der Waals surface area contributed by atoms with Gasteiger partial charge in [-0.3, -0.25) is 4.18 Å². The van der Waals surface area contributed by atoms with E-state index in [9.17, 15) is 21.6 Å². The summed E-state index contributed by atoms with van der Waals surface area (Å²) in [6.45, 7) is 4.60. The first kappa shape index (κ1) is 23.6. The predicted molar refractivity (Wildman–Crippen MR) is 85.9 cm³/mol. The molecule has 0 radical (unpaired) electrons. The van der Waals surface area contributed by atoms with Crippen LogP contribution in [0.15, 0.2) is 0 Å². The van der Waals surface area contributed by atoms with E-state index in [-0.39, 0.29) is 13.2 Å². The van der Waals surface area contributed by atoms with Crippen molar-refractivity contribution in [2.75, 3.05) is 26.9 Å². The molecule has 0 aromatic carbocycles. The van der Waals surface area contributed by atoms with E-state index in [1.165, 1.54) is 7.11 Å². The van der Waals surface area contributed by atoms with Crippen LogP contribution >= 0.6 is 0 Å². The number of methoxy groups -OCH3 is 1. The van der Waals surface area contributed by atoms with Gasteiger partial charge in [0, 0.05) is 20.3 Å². The van der Waals surface area contributed by atoms with Crippen molar-refractivity contribution in [3.63, 3.8) is 0 Å². The van der Waals surface area contributed by atoms with Crippen LogP contribution in [-0.4, -0.2) is 65.5 Å². The fraction of sp³-hybridized carbons (Fsp3) is 1.00. The number of unbranched alkanes of at least 4 members (excludes halogenated alkanes) is 2. The Balaban J connectivity index is 2.89. The first-order valence-corrected chi connectivity index (χ1v) is 9.95. The molecule has 0 amide bonds. The van der Waals surface area contributed by atoms with Crippen molar-refractivity contribution >= 4 is 10.1 Å². The molecular weight excluding hydrogens is 381 g/mol. The van der Waals surface area contributed by atoms with Crippen molar-refractivity contribution in [2.45, 2.75) is 69.6 Å². The van der Waals surface area contributed by atoms with Crippen LogP contribution in [0.5, 0.6) is 0 Å². The molecule has 1 aliphatic heterocycles. The molecule has 0 bridgehead atoms. The third-order valence-corrected chi connectivity index (χ3v) is 4.80. The minimum atomic E-state index is -5.82. The highest BCUT2D eigenvalue weighted by atomic mass is 32.2. The topological polar surface area (TPSA) is 80.3 Å². The fourth-order valence-corrected chi connectivity index (χ4v) is 2.93. The third-order valence-electron chi connectivity index (χ3n) is 3.75. The standard InChI is InChI=1S/C15H27F3O7S/c1-4-6-8-22-10-11-12(23-9-7-5-2)13(14(21-3)24-11)25-26(19,20)15(16,17)18/h11-14H,4-10H2,1-3H3/t11-,12-,13-,14?/m1/s1. The summed E-state index contributed by atoms with van der Waals surface area (Å²) in [5.41, 5.74) is -5.55. The first-order chi connectivity index (χ1) is 12.2. The Labute approximate surface area is 152 Å². The Morgan fingerprint density at radius 2 is 1.65 bits per heavy atom. The van der Waals surface area contributed by atoms with Crippen molar-refractivity contribution in [1.82, 2.24) is 0 Å². The molecule has 1 unspecified atom stereocenters. The van der Waals surface area contributed by atoms with Gasteiger partial charge >= 0.3 is 15.6 Å². The van der Waals surface area contributed by atoms with Crippen LogP contribution < -0.4 is 0 Å². The Hall–Kier alpha value is -0.460. The molecule has 1 rings (SSSR count). The second-order valence-electron chi connectivity index (χ2n) is 5.86. The number of halogens is 3. The monoisotopic (exact) mass is 408 g/mol. The van der Waals surface area contributed by atoms with Crippen molar-refractivity contribution in [1.29, 1.82) is 0 Å². The van der Waals surface area contributed by atoms with E-state index in [4.69, 9.17) is 18.9 Å². The molecule has 0 aliphatic carbocycles. The maximum atomic E-state index is 12.7. The number of alkyl halides is 3. The summed E-state index contributed by atoms with van der Waals surface area (Å²) in [6.07, 6.45) is -1.60. The van der Waals surface area contributed by atoms with Gasteiger partial charge in [0.05, 0.1) is 6.61 Å². The van der Waals surface area contributed by atoms with Crippen LogP contribution in [0.3, 0.4) is 0 Å². The summed E-state index contributed by atoms with van der Waals surface area (Å²) >= 11 is 0. The molecule has 1 heterocycles. The summed E-state index contributed by atoms with van der Waals surface area (Å²) in [5.74, 6) is 0. The average Bonchev–Trinajstić information content (AvgIpc) is 2.87. The highest BCUT2D eigenvalue weighted by Crippen LogP contribution is 2.33. The van der Waals surface area contributed by atoms with Crippen LogP contribution in [0.25, 0.3) is 0 Å². The lowest BCUT2D eigenvalue weighted by Gasteiger charge is -2.24. The minimum Gasteiger partial charge on any atom is -0.379 e. The molecule has 1 fully saturated rings. The van der Waals surface area contributed by atoms with E-state index in [1.54, 1.807) is 0 Å². The summed E-state index contributed by atoms with van der Waals surface area (Å²) in [5, 5.41) is 0. The number of hydrogen-bond donors (Lipinski definition) is 0. The molecule has 0 spiro atoms. The second kappa shape index (κ2) is 10.8. The molecule has 1 aliphatic rings. The number of ether oxygens (including phenoxy) is 4. The Kier molecular flexibility index (Phi) is 9.76. The molecule has 156 valence electrons. The zero-order chi connectivity index (χ0) is 19.8. The van der Waals surface area contributed by atoms with Gasteiger partial charge in [0.2, 0.25) is 0 Å². The molecule has 0 aromatic heterocycles. The van der Waals surface area contributed by atoms with Gasteiger partial charge in [0.15, 0.2) is 12.4 Å². The van der Waals surface area contributed by atoms with Crippen LogP contribution in [0.2, 0.25) is 0 Å². The SMILES string of the molecule is CCCCOC[C@H]1OC(OC)[C@H](OS(=O)(=O)C(F)(F)F)[C@@H]1OCCCC. The maximum absolute atomic E-state index is 12.7. The maximum Gasteiger partial charge on any atom is 0.523 e. The van der Waals surface area contributed by atoms with Gasteiger partial charge in [-0.15, -0.1) is 0 Å². The highest BCUT2D eigenvalue weighted by molar-refractivity contribution is 7.87. The number of rotatable bonds is 12. The summed E-state index contributed by atoms with van der Waals surface area (Å²) in [6, 6.07) is 0. The van der Waals surface area contributed by atoms with Gasteiger partial charge in [-0.2, -0.15) is 21.6 Å². The second-order valence-corrected chi connectivity index (χ2v) is 7.42. The fourth-order valence-electron chi connectivity index (χ4n) is 2.33. The molecule has 11 heteroatoms. The lowest BCUT2D eigenvalue weighted by atomic mass is 10.1. The van der Waals surface area contributed by atoms with E-state index >= 15 is 0 Å². The van der Waals surface area contributed by atoms with Crippen LogP contribution in [0.1, 0.15) is 39.5 Å². The van der Waals surface area contributed by atoms with Crippen LogP contribution in [0, 0.1) is 0 Å². The quantitative estimate of drug-likeness (QED) is 0.279. The van der Waals surface area contributed by atoms with E-state index in [1.807, 2.05) is 13.8 Å². The van der Waals surface area contributed by atoms with E-state index < -0.39 is 40.2 Å².